The number of anilines is 1. The molecule has 84 valence electrons. The van der Waals surface area contributed by atoms with Crippen molar-refractivity contribution in [1.82, 2.24) is 0 Å². The van der Waals surface area contributed by atoms with Crippen LogP contribution in [0.3, 0.4) is 0 Å². The van der Waals surface area contributed by atoms with Crippen molar-refractivity contribution in [2.45, 2.75) is 0 Å². The Bertz CT molecular complexity index is 617. The second kappa shape index (κ2) is 4.58. The fraction of sp³-hybridized carbons (Fsp3) is 0. The van der Waals surface area contributed by atoms with E-state index in [1.165, 1.54) is 12.1 Å². The summed E-state index contributed by atoms with van der Waals surface area (Å²) in [6.45, 7) is 0. The molecule has 0 aliphatic carbocycles. The number of nitrogens with zero attached hydrogens (tertiary/aromatic N) is 1. The third kappa shape index (κ3) is 2.31. The first kappa shape index (κ1) is 11.7. The van der Waals surface area contributed by atoms with Gasteiger partial charge in [-0.25, -0.2) is 0 Å². The van der Waals surface area contributed by atoms with Gasteiger partial charge >= 0.3 is 107 Å². The molecule has 2 N–H and O–H groups in total. The molecule has 0 spiro atoms. The van der Waals surface area contributed by atoms with Gasteiger partial charge in [0.2, 0.25) is 0 Å². The van der Waals surface area contributed by atoms with Crippen LogP contribution in [-0.2, 0) is 0 Å². The molecule has 2 nitrogen and oxygen atoms in total. The van der Waals surface area contributed by atoms with Gasteiger partial charge in [-0.3, -0.25) is 0 Å². The monoisotopic (exact) mass is 292 g/mol. The van der Waals surface area contributed by atoms with Crippen molar-refractivity contribution in [3.05, 3.63) is 47.8 Å². The van der Waals surface area contributed by atoms with E-state index in [0.717, 1.165) is 15.6 Å². The molecule has 0 fully saturated rings. The zero-order valence-electron chi connectivity index (χ0n) is 8.81. The Hall–Kier alpha value is -1.82. The maximum atomic E-state index is 13.0. The van der Waals surface area contributed by atoms with Crippen molar-refractivity contribution in [3.8, 4) is 17.2 Å². The Morgan fingerprint density at radius 1 is 1.18 bits per heavy atom. The Morgan fingerprint density at radius 3 is 2.59 bits per heavy atom. The van der Waals surface area contributed by atoms with Crippen molar-refractivity contribution in [2.75, 3.05) is 5.73 Å². The maximum absolute atomic E-state index is 13.0. The molecule has 2 aromatic rings. The number of nitriles is 1. The summed E-state index contributed by atoms with van der Waals surface area (Å²) >= 11 is 2.32. The molecule has 17 heavy (non-hydrogen) atoms. The summed E-state index contributed by atoms with van der Waals surface area (Å²) in [5, 5.41) is 8.91. The average molecular weight is 291 g/mol. The molecule has 2 rings (SSSR count). The number of nitrogen functional groups attached to an aromatic ring is 1. The Kier molecular flexibility index (Phi) is 3.14. The van der Waals surface area contributed by atoms with Crippen LogP contribution in [0.25, 0.3) is 11.1 Å². The fourth-order valence-electron chi connectivity index (χ4n) is 1.57. The van der Waals surface area contributed by atoms with Gasteiger partial charge in [0.1, 0.15) is 0 Å². The van der Waals surface area contributed by atoms with Crippen LogP contribution in [0.1, 0.15) is 5.56 Å². The van der Waals surface area contributed by atoms with Crippen LogP contribution in [-0.4, -0.2) is 16.0 Å². The third-order valence-corrected chi connectivity index (χ3v) is 3.22. The van der Waals surface area contributed by atoms with Crippen LogP contribution < -0.4 is 10.2 Å². The molecule has 0 radical (unpaired) electrons. The normalized spacial score (nSPS) is 9.94. The predicted octanol–water partition coefficient (Wildman–Crippen LogP) is 1.47. The van der Waals surface area contributed by atoms with E-state index >= 15 is 0 Å². The molecule has 0 heterocycles. The Balaban J connectivity index is 2.58. The first-order valence-electron chi connectivity index (χ1n) is 4.90. The number of nitrogens with two attached hydrogens (primary N) is 1. The molecular weight excluding hydrogens is 282 g/mol. The topological polar surface area (TPSA) is 49.8 Å². The SMILES string of the molecule is N#Cc1cc(-c2ccc(F)cc2[SeH])ccc1N. The van der Waals surface area contributed by atoms with E-state index in [-0.39, 0.29) is 5.82 Å². The van der Waals surface area contributed by atoms with E-state index in [2.05, 4.69) is 16.0 Å². The van der Waals surface area contributed by atoms with Gasteiger partial charge in [0.25, 0.3) is 0 Å². The Labute approximate surface area is 107 Å². The summed E-state index contributed by atoms with van der Waals surface area (Å²) in [5.74, 6) is -0.277. The summed E-state index contributed by atoms with van der Waals surface area (Å²) in [5.41, 5.74) is 8.26. The second-order valence-electron chi connectivity index (χ2n) is 3.58. The average Bonchev–Trinajstić information content (AvgIpc) is 2.30. The molecule has 0 aliphatic rings. The van der Waals surface area contributed by atoms with Gasteiger partial charge in [0.15, 0.2) is 0 Å². The van der Waals surface area contributed by atoms with E-state index in [9.17, 15) is 4.39 Å². The predicted molar refractivity (Wildman–Crippen MR) is 67.7 cm³/mol. The van der Waals surface area contributed by atoms with Crippen LogP contribution in [0.4, 0.5) is 10.1 Å². The van der Waals surface area contributed by atoms with Crippen LogP contribution in [0.15, 0.2) is 36.4 Å². The van der Waals surface area contributed by atoms with E-state index in [4.69, 9.17) is 11.0 Å². The second-order valence-corrected chi connectivity index (χ2v) is 4.59. The molecule has 0 aliphatic heterocycles. The standard InChI is InChI=1S/C13H9FN2Se/c14-10-2-3-11(13(17)6-10)8-1-4-12(16)9(5-8)7-15/h1-6,17H,16H2. The van der Waals surface area contributed by atoms with Crippen LogP contribution in [0, 0.1) is 17.1 Å². The fourth-order valence-corrected chi connectivity index (χ4v) is 2.26. The molecule has 0 atom stereocenters. The molecule has 2 aromatic carbocycles. The summed E-state index contributed by atoms with van der Waals surface area (Å²) in [7, 11) is 0. The first-order chi connectivity index (χ1) is 8.11. The van der Waals surface area contributed by atoms with Crippen LogP contribution in [0.2, 0.25) is 0 Å². The number of rotatable bonds is 1. The third-order valence-electron chi connectivity index (χ3n) is 2.44. The van der Waals surface area contributed by atoms with Gasteiger partial charge in [-0.2, -0.15) is 0 Å². The summed E-state index contributed by atoms with van der Waals surface area (Å²) < 4.78 is 13.8. The van der Waals surface area contributed by atoms with Crippen molar-refractivity contribution in [2.24, 2.45) is 0 Å². The molecule has 0 amide bonds. The van der Waals surface area contributed by atoms with E-state index in [1.807, 2.05) is 12.1 Å². The van der Waals surface area contributed by atoms with Crippen LogP contribution in [0.5, 0.6) is 0 Å². The molecule has 4 heteroatoms. The van der Waals surface area contributed by atoms with Crippen molar-refractivity contribution in [3.63, 3.8) is 0 Å². The zero-order valence-corrected chi connectivity index (χ0v) is 10.7. The molecule has 0 unspecified atom stereocenters. The summed E-state index contributed by atoms with van der Waals surface area (Å²) in [4.78, 5) is 0. The van der Waals surface area contributed by atoms with E-state index in [0.29, 0.717) is 11.3 Å². The summed E-state index contributed by atoms with van der Waals surface area (Å²) in [6, 6.07) is 11.8. The molecular formula is C13H9FN2Se. The van der Waals surface area contributed by atoms with Crippen molar-refractivity contribution in [1.29, 1.82) is 5.26 Å². The van der Waals surface area contributed by atoms with Crippen LogP contribution >= 0.6 is 0 Å². The minimum atomic E-state index is -0.277. The summed E-state index contributed by atoms with van der Waals surface area (Å²) in [6.07, 6.45) is 0. The number of halogens is 1. The number of hydrogen-bond acceptors (Lipinski definition) is 2. The quantitative estimate of drug-likeness (QED) is 0.639. The zero-order chi connectivity index (χ0) is 12.4. The van der Waals surface area contributed by atoms with E-state index in [1.54, 1.807) is 18.2 Å². The van der Waals surface area contributed by atoms with Gasteiger partial charge in [-0.05, 0) is 0 Å². The van der Waals surface area contributed by atoms with Crippen molar-refractivity contribution >= 4 is 26.2 Å². The first-order valence-corrected chi connectivity index (χ1v) is 5.84. The molecule has 0 aromatic heterocycles. The van der Waals surface area contributed by atoms with Gasteiger partial charge in [0, 0.05) is 0 Å². The van der Waals surface area contributed by atoms with Crippen molar-refractivity contribution < 1.29 is 4.39 Å². The Morgan fingerprint density at radius 2 is 1.94 bits per heavy atom. The number of benzene rings is 2. The van der Waals surface area contributed by atoms with Gasteiger partial charge in [0.05, 0.1) is 0 Å². The minimum absolute atomic E-state index is 0.277. The molecule has 0 saturated carbocycles. The van der Waals surface area contributed by atoms with Gasteiger partial charge in [-0.15, -0.1) is 0 Å². The van der Waals surface area contributed by atoms with Gasteiger partial charge < -0.3 is 0 Å². The number of hydrogen-bond donors (Lipinski definition) is 1. The van der Waals surface area contributed by atoms with Gasteiger partial charge in [-0.1, -0.05) is 0 Å². The molecule has 0 bridgehead atoms. The molecule has 0 saturated heterocycles. The van der Waals surface area contributed by atoms with E-state index < -0.39 is 0 Å².